The van der Waals surface area contributed by atoms with Gasteiger partial charge in [0, 0.05) is 44.8 Å². The van der Waals surface area contributed by atoms with Crippen molar-refractivity contribution in [3.8, 4) is 0 Å². The lowest BCUT2D eigenvalue weighted by Gasteiger charge is -2.34. The molecule has 0 unspecified atom stereocenters. The first-order chi connectivity index (χ1) is 14.1. The highest BCUT2D eigenvalue weighted by Gasteiger charge is 2.22. The second kappa shape index (κ2) is 10.9. The van der Waals surface area contributed by atoms with Crippen molar-refractivity contribution in [2.45, 2.75) is 39.2 Å². The van der Waals surface area contributed by atoms with Crippen LogP contribution in [0, 0.1) is 5.82 Å². The zero-order valence-electron chi connectivity index (χ0n) is 17.9. The lowest BCUT2D eigenvalue weighted by atomic mass is 10.2. The average molecular weight is 423 g/mol. The van der Waals surface area contributed by atoms with Gasteiger partial charge in [-0.25, -0.2) is 9.18 Å². The van der Waals surface area contributed by atoms with Crippen LogP contribution in [0.3, 0.4) is 0 Å². The largest absolute Gasteiger partial charge is 0.444 e. The molecule has 8 nitrogen and oxygen atoms in total. The molecule has 0 aliphatic carbocycles. The van der Waals surface area contributed by atoms with Gasteiger partial charge in [0.1, 0.15) is 11.4 Å². The fourth-order valence-electron chi connectivity index (χ4n) is 3.03. The molecule has 0 radical (unpaired) electrons. The maximum Gasteiger partial charge on any atom is 0.407 e. The highest BCUT2D eigenvalue weighted by Crippen LogP contribution is 2.10. The van der Waals surface area contributed by atoms with Gasteiger partial charge in [-0.15, -0.1) is 0 Å². The molecule has 0 aromatic heterocycles. The Labute approximate surface area is 176 Å². The number of hydrogen-bond donors (Lipinski definition) is 2. The average Bonchev–Trinajstić information content (AvgIpc) is 2.64. The van der Waals surface area contributed by atoms with E-state index in [-0.39, 0.29) is 18.4 Å². The molecule has 1 heterocycles. The van der Waals surface area contributed by atoms with Gasteiger partial charge >= 0.3 is 6.09 Å². The van der Waals surface area contributed by atoms with E-state index in [9.17, 15) is 18.8 Å². The molecule has 1 fully saturated rings. The lowest BCUT2D eigenvalue weighted by molar-refractivity contribution is -0.133. The summed E-state index contributed by atoms with van der Waals surface area (Å²) >= 11 is 0. The Balaban J connectivity index is 1.62. The maximum atomic E-state index is 13.2. The number of carbonyl (C=O) groups excluding carboxylic acids is 3. The van der Waals surface area contributed by atoms with Crippen LogP contribution in [0.5, 0.6) is 0 Å². The van der Waals surface area contributed by atoms with Crippen molar-refractivity contribution in [1.29, 1.82) is 0 Å². The molecule has 0 spiro atoms. The molecular formula is C21H31FN4O4. The topological polar surface area (TPSA) is 91.0 Å². The van der Waals surface area contributed by atoms with E-state index in [1.54, 1.807) is 37.8 Å². The summed E-state index contributed by atoms with van der Waals surface area (Å²) in [5, 5.41) is 5.32. The molecule has 0 saturated carbocycles. The van der Waals surface area contributed by atoms with Gasteiger partial charge in [0.2, 0.25) is 11.8 Å². The number of anilines is 1. The van der Waals surface area contributed by atoms with Crippen molar-refractivity contribution in [2.75, 3.05) is 44.6 Å². The molecule has 2 N–H and O–H groups in total. The second-order valence-corrected chi connectivity index (χ2v) is 8.25. The fourth-order valence-corrected chi connectivity index (χ4v) is 3.03. The molecule has 2 rings (SSSR count). The molecule has 30 heavy (non-hydrogen) atoms. The number of hydrogen-bond acceptors (Lipinski definition) is 5. The summed E-state index contributed by atoms with van der Waals surface area (Å²) < 4.78 is 18.3. The number of carbonyl (C=O) groups is 3. The van der Waals surface area contributed by atoms with Gasteiger partial charge in [-0.05, 0) is 45.4 Å². The third-order valence-electron chi connectivity index (χ3n) is 4.44. The van der Waals surface area contributed by atoms with Crippen LogP contribution in [0.25, 0.3) is 0 Å². The molecule has 1 aromatic carbocycles. The van der Waals surface area contributed by atoms with Gasteiger partial charge in [0.25, 0.3) is 0 Å². The molecule has 0 atom stereocenters. The first-order valence-corrected chi connectivity index (χ1v) is 10.1. The predicted octanol–water partition coefficient (Wildman–Crippen LogP) is 2.21. The van der Waals surface area contributed by atoms with E-state index in [2.05, 4.69) is 10.6 Å². The molecule has 1 saturated heterocycles. The van der Waals surface area contributed by atoms with E-state index in [4.69, 9.17) is 4.74 Å². The van der Waals surface area contributed by atoms with Crippen LogP contribution < -0.4 is 10.6 Å². The summed E-state index contributed by atoms with van der Waals surface area (Å²) in [7, 11) is 0. The van der Waals surface area contributed by atoms with Crippen molar-refractivity contribution < 1.29 is 23.5 Å². The van der Waals surface area contributed by atoms with Crippen LogP contribution >= 0.6 is 0 Å². The Hall–Kier alpha value is -2.68. The molecule has 0 bridgehead atoms. The Morgan fingerprint density at radius 1 is 1.13 bits per heavy atom. The highest BCUT2D eigenvalue weighted by atomic mass is 19.1. The Morgan fingerprint density at radius 3 is 2.47 bits per heavy atom. The number of rotatable bonds is 7. The van der Waals surface area contributed by atoms with E-state index >= 15 is 0 Å². The Kier molecular flexibility index (Phi) is 8.58. The number of halogens is 1. The zero-order chi connectivity index (χ0) is 22.1. The number of ether oxygens (including phenoxy) is 1. The first-order valence-electron chi connectivity index (χ1n) is 10.1. The smallest absolute Gasteiger partial charge is 0.407 e. The van der Waals surface area contributed by atoms with Crippen LogP contribution in [0.1, 0.15) is 33.6 Å². The molecule has 1 aliphatic heterocycles. The minimum Gasteiger partial charge on any atom is -0.444 e. The molecule has 9 heteroatoms. The van der Waals surface area contributed by atoms with Crippen molar-refractivity contribution in [1.82, 2.24) is 15.1 Å². The summed E-state index contributed by atoms with van der Waals surface area (Å²) in [4.78, 5) is 39.8. The standard InChI is InChI=1S/C21H31FN4O4/c1-21(2,3)30-20(29)23-9-5-8-19(28)26-12-10-25(11-13-26)15-18(27)24-17-7-4-6-16(22)14-17/h4,6-7,14H,5,8-13,15H2,1-3H3,(H,23,29)(H,24,27). The summed E-state index contributed by atoms with van der Waals surface area (Å²) in [6, 6.07) is 5.76. The lowest BCUT2D eigenvalue weighted by Crippen LogP contribution is -2.50. The number of amides is 3. The normalized spacial score (nSPS) is 14.9. The summed E-state index contributed by atoms with van der Waals surface area (Å²) in [5.74, 6) is -0.584. The van der Waals surface area contributed by atoms with E-state index in [0.717, 1.165) is 0 Å². The number of piperazine rings is 1. The highest BCUT2D eigenvalue weighted by molar-refractivity contribution is 5.92. The molecule has 1 aliphatic rings. The number of nitrogens with one attached hydrogen (secondary N) is 2. The third-order valence-corrected chi connectivity index (χ3v) is 4.44. The van der Waals surface area contributed by atoms with Gasteiger partial charge in [-0.3, -0.25) is 14.5 Å². The minimum absolute atomic E-state index is 0.0323. The zero-order valence-corrected chi connectivity index (χ0v) is 17.9. The number of benzene rings is 1. The van der Waals surface area contributed by atoms with E-state index < -0.39 is 17.5 Å². The van der Waals surface area contributed by atoms with E-state index in [1.807, 2.05) is 4.90 Å². The summed E-state index contributed by atoms with van der Waals surface area (Å²) in [5.41, 5.74) is -0.123. The van der Waals surface area contributed by atoms with Crippen molar-refractivity contribution >= 4 is 23.6 Å². The molecule has 166 valence electrons. The minimum atomic E-state index is -0.548. The quantitative estimate of drug-likeness (QED) is 0.658. The van der Waals surface area contributed by atoms with Crippen LogP contribution in [0.15, 0.2) is 24.3 Å². The van der Waals surface area contributed by atoms with Crippen molar-refractivity contribution in [3.05, 3.63) is 30.1 Å². The van der Waals surface area contributed by atoms with E-state index in [1.165, 1.54) is 12.1 Å². The first kappa shape index (κ1) is 23.6. The van der Waals surface area contributed by atoms with Gasteiger partial charge in [-0.1, -0.05) is 6.07 Å². The number of nitrogens with zero attached hydrogens (tertiary/aromatic N) is 2. The van der Waals surface area contributed by atoms with Gasteiger partial charge in [0.15, 0.2) is 0 Å². The second-order valence-electron chi connectivity index (χ2n) is 8.25. The van der Waals surface area contributed by atoms with Crippen LogP contribution in [0.2, 0.25) is 0 Å². The number of alkyl carbamates (subject to hydrolysis) is 1. The monoisotopic (exact) mass is 422 g/mol. The Bertz CT molecular complexity index is 743. The predicted molar refractivity (Wildman–Crippen MR) is 112 cm³/mol. The van der Waals surface area contributed by atoms with Gasteiger partial charge in [0.05, 0.1) is 6.54 Å². The fraction of sp³-hybridized carbons (Fsp3) is 0.571. The summed E-state index contributed by atoms with van der Waals surface area (Å²) in [6.45, 7) is 8.23. The van der Waals surface area contributed by atoms with Crippen LogP contribution in [-0.2, 0) is 14.3 Å². The van der Waals surface area contributed by atoms with E-state index in [0.29, 0.717) is 51.3 Å². The van der Waals surface area contributed by atoms with Crippen molar-refractivity contribution in [2.24, 2.45) is 0 Å². The summed E-state index contributed by atoms with van der Waals surface area (Å²) in [6.07, 6.45) is 0.393. The van der Waals surface area contributed by atoms with Gasteiger partial charge < -0.3 is 20.3 Å². The van der Waals surface area contributed by atoms with Gasteiger partial charge in [-0.2, -0.15) is 0 Å². The van der Waals surface area contributed by atoms with Crippen LogP contribution in [0.4, 0.5) is 14.9 Å². The molecule has 1 aromatic rings. The van der Waals surface area contributed by atoms with Crippen LogP contribution in [-0.4, -0.2) is 72.6 Å². The Morgan fingerprint density at radius 2 is 1.83 bits per heavy atom. The molecule has 3 amide bonds. The SMILES string of the molecule is CC(C)(C)OC(=O)NCCCC(=O)N1CCN(CC(=O)Nc2cccc(F)c2)CC1. The van der Waals surface area contributed by atoms with Crippen molar-refractivity contribution in [3.63, 3.8) is 0 Å². The third kappa shape index (κ3) is 8.77. The molecular weight excluding hydrogens is 391 g/mol. The maximum absolute atomic E-state index is 13.2.